The van der Waals surface area contributed by atoms with Crippen LogP contribution >= 0.6 is 7.82 Å². The van der Waals surface area contributed by atoms with Gasteiger partial charge in [-0.1, -0.05) is 359 Å². The number of carbonyl (C=O) groups excluding carboxylic acids is 2. The largest absolute Gasteiger partial charge is 0.756 e. The first-order valence-corrected chi connectivity index (χ1v) is 39.0. The number of esters is 2. The fraction of sp³-hybridized carbons (Fsp3) is 0.920. The van der Waals surface area contributed by atoms with Crippen LogP contribution in [0, 0.1) is 0 Å². The van der Waals surface area contributed by atoms with Gasteiger partial charge in [0.15, 0.2) is 6.10 Å². The van der Waals surface area contributed by atoms with E-state index in [0.29, 0.717) is 17.4 Å². The topological polar surface area (TPSA) is 111 Å². The van der Waals surface area contributed by atoms with Crippen molar-refractivity contribution in [1.29, 1.82) is 0 Å². The molecule has 0 saturated heterocycles. The van der Waals surface area contributed by atoms with Crippen molar-refractivity contribution in [2.45, 2.75) is 399 Å². The Hall–Kier alpha value is -1.51. The fourth-order valence-electron chi connectivity index (χ4n) is 11.5. The number of likely N-dealkylation sites (N-methyl/N-ethyl adjacent to an activating group) is 1. The third-order valence-corrected chi connectivity index (χ3v) is 18.2. The van der Waals surface area contributed by atoms with Gasteiger partial charge in [0.25, 0.3) is 7.82 Å². The molecule has 0 saturated carbocycles. The minimum Gasteiger partial charge on any atom is -0.756 e. The van der Waals surface area contributed by atoms with Gasteiger partial charge in [-0.25, -0.2) is 0 Å². The van der Waals surface area contributed by atoms with E-state index in [2.05, 4.69) is 38.2 Å². The van der Waals surface area contributed by atoms with Gasteiger partial charge in [0.05, 0.1) is 27.7 Å². The van der Waals surface area contributed by atoms with Gasteiger partial charge in [-0.2, -0.15) is 0 Å². The first-order chi connectivity index (χ1) is 41.5. The van der Waals surface area contributed by atoms with Gasteiger partial charge in [-0.3, -0.25) is 14.2 Å². The fourth-order valence-corrected chi connectivity index (χ4v) is 12.2. The van der Waals surface area contributed by atoms with Gasteiger partial charge in [0, 0.05) is 12.8 Å². The van der Waals surface area contributed by atoms with Crippen molar-refractivity contribution >= 4 is 19.8 Å². The van der Waals surface area contributed by atoms with E-state index >= 15 is 0 Å². The summed E-state index contributed by atoms with van der Waals surface area (Å²) in [6.45, 7) is 4.30. The summed E-state index contributed by atoms with van der Waals surface area (Å²) in [5, 5.41) is 0. The molecule has 0 rings (SSSR count). The van der Waals surface area contributed by atoms with Crippen LogP contribution in [0.2, 0.25) is 0 Å². The number of carbonyl (C=O) groups is 2. The van der Waals surface area contributed by atoms with Crippen LogP contribution < -0.4 is 4.89 Å². The molecule has 0 aromatic rings. The number of rotatable bonds is 71. The number of nitrogens with zero attached hydrogens (tertiary/aromatic N) is 1. The molecular weight excluding hydrogens is 1070 g/mol. The summed E-state index contributed by atoms with van der Waals surface area (Å²) in [6.07, 6.45) is 84.4. The Kier molecular flexibility index (Phi) is 65.7. The molecule has 0 heterocycles. The number of quaternary nitrogens is 1. The molecule has 2 atom stereocenters. The maximum absolute atomic E-state index is 12.9. The van der Waals surface area contributed by atoms with E-state index in [1.54, 1.807) is 0 Å². The Labute approximate surface area is 529 Å². The lowest BCUT2D eigenvalue weighted by atomic mass is 10.0. The monoisotopic (exact) mass is 1220 g/mol. The van der Waals surface area contributed by atoms with Crippen LogP contribution in [0.4, 0.5) is 0 Å². The van der Waals surface area contributed by atoms with Crippen LogP contribution in [0.3, 0.4) is 0 Å². The van der Waals surface area contributed by atoms with Crippen LogP contribution in [-0.2, 0) is 32.7 Å². The molecule has 2 unspecified atom stereocenters. The molecule has 0 aromatic carbocycles. The molecule has 10 heteroatoms. The molecule has 0 aromatic heterocycles. The molecule has 0 radical (unpaired) electrons. The lowest BCUT2D eigenvalue weighted by molar-refractivity contribution is -0.870. The second-order valence-electron chi connectivity index (χ2n) is 27.0. The smallest absolute Gasteiger partial charge is 0.306 e. The molecule has 0 aliphatic heterocycles. The summed E-state index contributed by atoms with van der Waals surface area (Å²) in [7, 11) is 1.19. The summed E-state index contributed by atoms with van der Waals surface area (Å²) in [4.78, 5) is 38.1. The van der Waals surface area contributed by atoms with Crippen LogP contribution in [0.25, 0.3) is 0 Å². The van der Waals surface area contributed by atoms with E-state index in [-0.39, 0.29) is 32.0 Å². The summed E-state index contributed by atoms with van der Waals surface area (Å²) in [5.41, 5.74) is 0. The number of phosphoric ester groups is 1. The van der Waals surface area contributed by atoms with Crippen molar-refractivity contribution in [3.05, 3.63) is 24.3 Å². The highest BCUT2D eigenvalue weighted by atomic mass is 31.2. The second kappa shape index (κ2) is 66.9. The predicted octanol–water partition coefficient (Wildman–Crippen LogP) is 23.8. The summed E-state index contributed by atoms with van der Waals surface area (Å²) >= 11 is 0. The highest BCUT2D eigenvalue weighted by molar-refractivity contribution is 7.45. The maximum Gasteiger partial charge on any atom is 0.306 e. The van der Waals surface area contributed by atoms with E-state index in [4.69, 9.17) is 18.5 Å². The average Bonchev–Trinajstić information content (AvgIpc) is 3.50. The Bertz CT molecular complexity index is 1480. The lowest BCUT2D eigenvalue weighted by Gasteiger charge is -2.28. The summed E-state index contributed by atoms with van der Waals surface area (Å²) < 4.78 is 34.3. The van der Waals surface area contributed by atoms with E-state index in [9.17, 15) is 19.0 Å². The van der Waals surface area contributed by atoms with E-state index in [0.717, 1.165) is 44.9 Å². The third-order valence-electron chi connectivity index (χ3n) is 17.2. The van der Waals surface area contributed by atoms with Gasteiger partial charge in [-0.05, 0) is 44.9 Å². The molecule has 504 valence electrons. The number of ether oxygens (including phenoxy) is 2. The standard InChI is InChI=1S/C75H146NO8P/c1-6-8-10-12-14-16-18-20-22-24-26-28-30-31-32-33-34-35-36-37-38-39-40-41-42-43-44-46-47-49-51-53-55-57-59-61-63-65-67-74(77)81-71-73(72-83-85(79,80)82-70-69-76(3,4)5)84-75(78)68-66-64-62-60-58-56-54-52-50-48-45-29-27-25-23-21-19-17-15-13-11-9-7-2/h19,21,25,27,73H,6-18,20,22-24,26,28-72H2,1-5H3/b21-19-,27-25-. The zero-order chi connectivity index (χ0) is 61.9. The van der Waals surface area contributed by atoms with E-state index < -0.39 is 26.5 Å². The summed E-state index contributed by atoms with van der Waals surface area (Å²) in [6, 6.07) is 0. The van der Waals surface area contributed by atoms with Gasteiger partial charge in [0.2, 0.25) is 0 Å². The molecule has 0 amide bonds. The first kappa shape index (κ1) is 83.5. The predicted molar refractivity (Wildman–Crippen MR) is 365 cm³/mol. The van der Waals surface area contributed by atoms with E-state index in [1.807, 2.05) is 21.1 Å². The number of unbranched alkanes of at least 4 members (excludes halogenated alkanes) is 53. The summed E-state index contributed by atoms with van der Waals surface area (Å²) in [5.74, 6) is -0.814. The molecule has 0 N–H and O–H groups in total. The first-order valence-electron chi connectivity index (χ1n) is 37.5. The molecule has 0 bridgehead atoms. The second-order valence-corrected chi connectivity index (χ2v) is 28.4. The van der Waals surface area contributed by atoms with Crippen LogP contribution in [0.1, 0.15) is 393 Å². The van der Waals surface area contributed by atoms with Crippen LogP contribution in [-0.4, -0.2) is 70.0 Å². The number of hydrogen-bond donors (Lipinski definition) is 0. The zero-order valence-corrected chi connectivity index (χ0v) is 58.5. The van der Waals surface area contributed by atoms with Crippen molar-refractivity contribution in [2.24, 2.45) is 0 Å². The Morgan fingerprint density at radius 1 is 0.365 bits per heavy atom. The molecule has 0 aliphatic rings. The highest BCUT2D eigenvalue weighted by Gasteiger charge is 2.22. The maximum atomic E-state index is 12.9. The van der Waals surface area contributed by atoms with Crippen LogP contribution in [0.5, 0.6) is 0 Å². The van der Waals surface area contributed by atoms with Crippen LogP contribution in [0.15, 0.2) is 24.3 Å². The molecule has 85 heavy (non-hydrogen) atoms. The SMILES string of the molecule is CCCCCCC/C=C\C/C=C\CCCCCCCCCCCCCC(=O)OC(COC(=O)CCCCCCCCCCCCCCCCCCCCCCCCCCCCCCCCCCCCCCCC)COP(=O)([O-])OCC[N+](C)(C)C. The molecule has 0 fully saturated rings. The molecule has 0 spiro atoms. The molecule has 0 aliphatic carbocycles. The quantitative estimate of drug-likeness (QED) is 0.0195. The number of hydrogen-bond acceptors (Lipinski definition) is 8. The minimum absolute atomic E-state index is 0.0283. The third kappa shape index (κ3) is 71.4. The number of allylic oxidation sites excluding steroid dienone is 4. The normalized spacial score (nSPS) is 13.2. The van der Waals surface area contributed by atoms with Gasteiger partial charge in [0.1, 0.15) is 19.8 Å². The lowest BCUT2D eigenvalue weighted by Crippen LogP contribution is -2.37. The number of phosphoric acid groups is 1. The van der Waals surface area contributed by atoms with E-state index in [1.165, 1.54) is 315 Å². The average molecular weight is 1220 g/mol. The van der Waals surface area contributed by atoms with Gasteiger partial charge >= 0.3 is 11.9 Å². The Balaban J connectivity index is 3.89. The minimum atomic E-state index is -4.64. The zero-order valence-electron chi connectivity index (χ0n) is 57.6. The molecular formula is C75H146NO8P. The van der Waals surface area contributed by atoms with Crippen molar-refractivity contribution in [2.75, 3.05) is 47.5 Å². The Morgan fingerprint density at radius 3 is 0.929 bits per heavy atom. The highest BCUT2D eigenvalue weighted by Crippen LogP contribution is 2.38. The Morgan fingerprint density at radius 2 is 0.635 bits per heavy atom. The molecule has 9 nitrogen and oxygen atoms in total. The van der Waals surface area contributed by atoms with Crippen molar-refractivity contribution in [1.82, 2.24) is 0 Å². The van der Waals surface area contributed by atoms with Crippen molar-refractivity contribution < 1.29 is 42.1 Å². The van der Waals surface area contributed by atoms with Crippen molar-refractivity contribution in [3.8, 4) is 0 Å². The van der Waals surface area contributed by atoms with Gasteiger partial charge in [-0.15, -0.1) is 0 Å². The van der Waals surface area contributed by atoms with Crippen molar-refractivity contribution in [3.63, 3.8) is 0 Å². The van der Waals surface area contributed by atoms with Gasteiger partial charge < -0.3 is 27.9 Å².